The van der Waals surface area contributed by atoms with E-state index < -0.39 is 0 Å². The van der Waals surface area contributed by atoms with Crippen molar-refractivity contribution in [2.24, 2.45) is 7.05 Å². The van der Waals surface area contributed by atoms with E-state index in [0.29, 0.717) is 21.4 Å². The van der Waals surface area contributed by atoms with Gasteiger partial charge in [-0.2, -0.15) is 5.10 Å². The van der Waals surface area contributed by atoms with Crippen molar-refractivity contribution < 1.29 is 4.79 Å². The fraction of sp³-hybridized carbons (Fsp3) is 0.167. The largest absolute Gasteiger partial charge is 0.319 e. The molecule has 1 N–H and O–H groups in total. The summed E-state index contributed by atoms with van der Waals surface area (Å²) in [6.07, 6.45) is 0. The molecule has 94 valence electrons. The van der Waals surface area contributed by atoms with Gasteiger partial charge >= 0.3 is 0 Å². The SMILES string of the molecule is Cc1cc(C(=O)Nc2cccc(Cl)c2Cl)n(C)n1. The molecule has 0 aliphatic rings. The van der Waals surface area contributed by atoms with E-state index in [1.165, 1.54) is 4.68 Å². The maximum Gasteiger partial charge on any atom is 0.273 e. The van der Waals surface area contributed by atoms with Crippen molar-refractivity contribution in [3.05, 3.63) is 45.7 Å². The van der Waals surface area contributed by atoms with Gasteiger partial charge in [0.1, 0.15) is 5.69 Å². The Morgan fingerprint density at radius 2 is 2.11 bits per heavy atom. The van der Waals surface area contributed by atoms with Crippen molar-refractivity contribution in [2.45, 2.75) is 6.92 Å². The first kappa shape index (κ1) is 12.9. The van der Waals surface area contributed by atoms with Crippen molar-refractivity contribution in [3.8, 4) is 0 Å². The monoisotopic (exact) mass is 283 g/mol. The van der Waals surface area contributed by atoms with E-state index in [1.54, 1.807) is 31.3 Å². The second-order valence-corrected chi connectivity index (χ2v) is 4.64. The molecule has 1 aromatic carbocycles. The molecule has 0 fully saturated rings. The molecule has 18 heavy (non-hydrogen) atoms. The van der Waals surface area contributed by atoms with Crippen LogP contribution in [-0.4, -0.2) is 15.7 Å². The summed E-state index contributed by atoms with van der Waals surface area (Å²) in [6, 6.07) is 6.77. The second kappa shape index (κ2) is 5.00. The van der Waals surface area contributed by atoms with Crippen molar-refractivity contribution in [2.75, 3.05) is 5.32 Å². The van der Waals surface area contributed by atoms with E-state index in [9.17, 15) is 4.79 Å². The quantitative estimate of drug-likeness (QED) is 0.919. The van der Waals surface area contributed by atoms with E-state index in [4.69, 9.17) is 23.2 Å². The van der Waals surface area contributed by atoms with Crippen LogP contribution in [0.25, 0.3) is 0 Å². The van der Waals surface area contributed by atoms with Crippen LogP contribution >= 0.6 is 23.2 Å². The molecule has 0 radical (unpaired) electrons. The number of nitrogens with one attached hydrogen (secondary N) is 1. The van der Waals surface area contributed by atoms with Gasteiger partial charge < -0.3 is 5.32 Å². The standard InChI is InChI=1S/C12H11Cl2N3O/c1-7-6-10(17(2)16-7)12(18)15-9-5-3-4-8(13)11(9)14/h3-6H,1-2H3,(H,15,18). The van der Waals surface area contributed by atoms with Gasteiger partial charge in [0.15, 0.2) is 0 Å². The second-order valence-electron chi connectivity index (χ2n) is 3.85. The lowest BCUT2D eigenvalue weighted by Crippen LogP contribution is -2.16. The van der Waals surface area contributed by atoms with E-state index in [0.717, 1.165) is 5.69 Å². The van der Waals surface area contributed by atoms with E-state index in [2.05, 4.69) is 10.4 Å². The van der Waals surface area contributed by atoms with Crippen molar-refractivity contribution in [1.29, 1.82) is 0 Å². The Labute approximate surface area is 115 Å². The predicted molar refractivity (Wildman–Crippen MR) is 72.4 cm³/mol. The van der Waals surface area contributed by atoms with Crippen LogP contribution in [0.5, 0.6) is 0 Å². The number of carbonyl (C=O) groups excluding carboxylic acids is 1. The molecule has 0 bridgehead atoms. The number of benzene rings is 1. The van der Waals surface area contributed by atoms with Gasteiger partial charge in [0, 0.05) is 7.05 Å². The summed E-state index contributed by atoms with van der Waals surface area (Å²) in [6.45, 7) is 1.82. The fourth-order valence-electron chi connectivity index (χ4n) is 1.61. The average molecular weight is 284 g/mol. The minimum Gasteiger partial charge on any atom is -0.319 e. The van der Waals surface area contributed by atoms with Crippen LogP contribution in [0.1, 0.15) is 16.2 Å². The zero-order valence-electron chi connectivity index (χ0n) is 9.87. The molecule has 6 heteroatoms. The molecular formula is C12H11Cl2N3O. The van der Waals surface area contributed by atoms with Crippen LogP contribution in [-0.2, 0) is 7.05 Å². The number of aromatic nitrogens is 2. The summed E-state index contributed by atoms with van der Waals surface area (Å²) in [5.74, 6) is -0.276. The summed E-state index contributed by atoms with van der Waals surface area (Å²) in [4.78, 5) is 12.0. The minimum absolute atomic E-state index is 0.276. The Hall–Kier alpha value is -1.52. The highest BCUT2D eigenvalue weighted by molar-refractivity contribution is 6.44. The molecule has 1 heterocycles. The van der Waals surface area contributed by atoms with Gasteiger partial charge in [0.25, 0.3) is 5.91 Å². The van der Waals surface area contributed by atoms with Crippen LogP contribution in [0.3, 0.4) is 0 Å². The Morgan fingerprint density at radius 3 is 2.72 bits per heavy atom. The lowest BCUT2D eigenvalue weighted by Gasteiger charge is -2.07. The van der Waals surface area contributed by atoms with Gasteiger partial charge in [-0.3, -0.25) is 9.48 Å². The van der Waals surface area contributed by atoms with Crippen molar-refractivity contribution >= 4 is 34.8 Å². The van der Waals surface area contributed by atoms with Crippen molar-refractivity contribution in [1.82, 2.24) is 9.78 Å². The molecule has 1 aromatic heterocycles. The normalized spacial score (nSPS) is 10.4. The summed E-state index contributed by atoms with van der Waals surface area (Å²) >= 11 is 11.9. The molecule has 0 saturated heterocycles. The van der Waals surface area contributed by atoms with E-state index >= 15 is 0 Å². The maximum absolute atomic E-state index is 12.0. The van der Waals surface area contributed by atoms with Crippen LogP contribution in [0.4, 0.5) is 5.69 Å². The zero-order valence-corrected chi connectivity index (χ0v) is 11.4. The Bertz CT molecular complexity index is 607. The summed E-state index contributed by atoms with van der Waals surface area (Å²) in [7, 11) is 1.71. The number of carbonyl (C=O) groups is 1. The number of amides is 1. The number of hydrogen-bond acceptors (Lipinski definition) is 2. The lowest BCUT2D eigenvalue weighted by atomic mass is 10.3. The van der Waals surface area contributed by atoms with Gasteiger partial charge in [0.05, 0.1) is 21.4 Å². The first-order valence-electron chi connectivity index (χ1n) is 5.25. The highest BCUT2D eigenvalue weighted by Crippen LogP contribution is 2.29. The van der Waals surface area contributed by atoms with Gasteiger partial charge in [-0.05, 0) is 25.1 Å². The third-order valence-corrected chi connectivity index (χ3v) is 3.25. The van der Waals surface area contributed by atoms with E-state index in [-0.39, 0.29) is 5.91 Å². The summed E-state index contributed by atoms with van der Waals surface area (Å²) < 4.78 is 1.52. The number of hydrogen-bond donors (Lipinski definition) is 1. The molecule has 0 atom stereocenters. The third-order valence-electron chi connectivity index (χ3n) is 2.43. The molecule has 2 aromatic rings. The molecule has 1 amide bonds. The van der Waals surface area contributed by atoms with Gasteiger partial charge in [0.2, 0.25) is 0 Å². The number of nitrogens with zero attached hydrogens (tertiary/aromatic N) is 2. The van der Waals surface area contributed by atoms with E-state index in [1.807, 2.05) is 6.92 Å². The third kappa shape index (κ3) is 2.49. The molecule has 0 aliphatic carbocycles. The number of halogens is 2. The zero-order chi connectivity index (χ0) is 13.3. The number of rotatable bonds is 2. The Morgan fingerprint density at radius 1 is 1.39 bits per heavy atom. The minimum atomic E-state index is -0.276. The van der Waals surface area contributed by atoms with Gasteiger partial charge in [-0.1, -0.05) is 29.3 Å². The lowest BCUT2D eigenvalue weighted by molar-refractivity contribution is 0.101. The Kier molecular flexibility index (Phi) is 3.59. The first-order chi connectivity index (χ1) is 8.49. The first-order valence-corrected chi connectivity index (χ1v) is 6.00. The highest BCUT2D eigenvalue weighted by atomic mass is 35.5. The number of aryl methyl sites for hydroxylation is 2. The molecule has 0 unspecified atom stereocenters. The molecule has 0 spiro atoms. The Balaban J connectivity index is 2.27. The summed E-state index contributed by atoms with van der Waals surface area (Å²) in [5.41, 5.74) is 1.72. The van der Waals surface area contributed by atoms with Crippen LogP contribution < -0.4 is 5.32 Å². The van der Waals surface area contributed by atoms with Crippen LogP contribution in [0.2, 0.25) is 10.0 Å². The molecule has 4 nitrogen and oxygen atoms in total. The number of anilines is 1. The van der Waals surface area contributed by atoms with Gasteiger partial charge in [-0.15, -0.1) is 0 Å². The molecule has 0 aliphatic heterocycles. The van der Waals surface area contributed by atoms with Crippen LogP contribution in [0, 0.1) is 6.92 Å². The smallest absolute Gasteiger partial charge is 0.273 e. The summed E-state index contributed by atoms with van der Waals surface area (Å²) in [5, 5.41) is 7.54. The van der Waals surface area contributed by atoms with Gasteiger partial charge in [-0.25, -0.2) is 0 Å². The average Bonchev–Trinajstić information content (AvgIpc) is 2.64. The fourth-order valence-corrected chi connectivity index (χ4v) is 1.96. The molecular weight excluding hydrogens is 273 g/mol. The molecule has 2 rings (SSSR count). The predicted octanol–water partition coefficient (Wildman–Crippen LogP) is 3.29. The van der Waals surface area contributed by atoms with Crippen LogP contribution in [0.15, 0.2) is 24.3 Å². The maximum atomic E-state index is 12.0. The topological polar surface area (TPSA) is 46.9 Å². The highest BCUT2D eigenvalue weighted by Gasteiger charge is 2.14. The molecule has 0 saturated carbocycles. The van der Waals surface area contributed by atoms with Crippen molar-refractivity contribution in [3.63, 3.8) is 0 Å².